The molecule has 1 saturated heterocycles. The topological polar surface area (TPSA) is 70.8 Å². The van der Waals surface area contributed by atoms with E-state index < -0.39 is 35.4 Å². The van der Waals surface area contributed by atoms with Gasteiger partial charge in [0.25, 0.3) is 0 Å². The maximum absolute atomic E-state index is 13.6. The van der Waals surface area contributed by atoms with Crippen molar-refractivity contribution in [2.75, 3.05) is 38.3 Å². The van der Waals surface area contributed by atoms with Crippen LogP contribution in [0.1, 0.15) is 17.0 Å². The van der Waals surface area contributed by atoms with Crippen molar-refractivity contribution in [3.8, 4) is 5.75 Å². The molecule has 2 atom stereocenters. The molecule has 0 saturated carbocycles. The van der Waals surface area contributed by atoms with Crippen LogP contribution in [0.15, 0.2) is 48.5 Å². The molecule has 210 valence electrons. The highest BCUT2D eigenvalue weighted by atomic mass is 35.5. The van der Waals surface area contributed by atoms with Crippen molar-refractivity contribution in [3.63, 3.8) is 0 Å². The molecule has 7 nitrogen and oxygen atoms in total. The Morgan fingerprint density at radius 1 is 1.18 bits per heavy atom. The van der Waals surface area contributed by atoms with Gasteiger partial charge in [-0.05, 0) is 31.0 Å². The Labute approximate surface area is 234 Å². The van der Waals surface area contributed by atoms with Crippen LogP contribution in [-0.2, 0) is 23.9 Å². The van der Waals surface area contributed by atoms with Crippen molar-refractivity contribution in [3.05, 3.63) is 75.5 Å². The predicted molar refractivity (Wildman–Crippen MR) is 143 cm³/mol. The van der Waals surface area contributed by atoms with Gasteiger partial charge in [0.1, 0.15) is 12.3 Å². The summed E-state index contributed by atoms with van der Waals surface area (Å²) in [5.41, 5.74) is 0.682. The van der Waals surface area contributed by atoms with Crippen molar-refractivity contribution in [2.24, 2.45) is 5.92 Å². The summed E-state index contributed by atoms with van der Waals surface area (Å²) >= 11 is 12.1. The highest BCUT2D eigenvalue weighted by molar-refractivity contribution is 6.32. The normalized spacial score (nSPS) is 16.9. The van der Waals surface area contributed by atoms with E-state index >= 15 is 0 Å². The van der Waals surface area contributed by atoms with Crippen LogP contribution in [0.25, 0.3) is 0 Å². The summed E-state index contributed by atoms with van der Waals surface area (Å²) in [7, 11) is 1.53. The van der Waals surface area contributed by atoms with Gasteiger partial charge in [0, 0.05) is 43.9 Å². The number of aliphatic hydroxyl groups is 1. The van der Waals surface area contributed by atoms with Crippen molar-refractivity contribution in [1.82, 2.24) is 14.7 Å². The number of nitrogens with zero attached hydrogens (tertiary/aromatic N) is 4. The van der Waals surface area contributed by atoms with Crippen LogP contribution in [-0.4, -0.2) is 65.1 Å². The van der Waals surface area contributed by atoms with E-state index in [4.69, 9.17) is 27.9 Å². The van der Waals surface area contributed by atoms with Crippen molar-refractivity contribution in [2.45, 2.75) is 32.1 Å². The molecule has 12 heteroatoms. The van der Waals surface area contributed by atoms with Gasteiger partial charge >= 0.3 is 6.18 Å². The Morgan fingerprint density at radius 3 is 2.51 bits per heavy atom. The molecule has 1 aromatic heterocycles. The first-order valence-corrected chi connectivity index (χ1v) is 13.1. The van der Waals surface area contributed by atoms with Crippen LogP contribution < -0.4 is 9.64 Å². The summed E-state index contributed by atoms with van der Waals surface area (Å²) in [5.74, 6) is -0.226. The SMILES string of the molecule is COc1cc(N2CCN(C(=O)Cn3nc(C(F)(F)F)c(Cl)c3C)C(C(CO)Cc3ccccc3)C2)ccc1Cl. The van der Waals surface area contributed by atoms with Crippen LogP contribution in [0.4, 0.5) is 18.9 Å². The van der Waals surface area contributed by atoms with Gasteiger partial charge in [-0.25, -0.2) is 0 Å². The Hall–Kier alpha value is -2.95. The van der Waals surface area contributed by atoms with Gasteiger partial charge in [0.2, 0.25) is 5.91 Å². The number of methoxy groups -OCH3 is 1. The largest absolute Gasteiger partial charge is 0.495 e. The van der Waals surface area contributed by atoms with E-state index in [-0.39, 0.29) is 18.2 Å². The molecule has 2 unspecified atom stereocenters. The molecule has 0 bridgehead atoms. The number of rotatable bonds is 8. The molecule has 1 fully saturated rings. The quantitative estimate of drug-likeness (QED) is 0.399. The minimum Gasteiger partial charge on any atom is -0.495 e. The summed E-state index contributed by atoms with van der Waals surface area (Å²) in [6, 6.07) is 14.6. The first-order valence-electron chi connectivity index (χ1n) is 12.4. The number of amides is 1. The lowest BCUT2D eigenvalue weighted by Gasteiger charge is -2.45. The van der Waals surface area contributed by atoms with Gasteiger partial charge in [-0.3, -0.25) is 9.48 Å². The number of ether oxygens (including phenoxy) is 1. The number of carbonyl (C=O) groups is 1. The Bertz CT molecular complexity index is 1300. The first-order chi connectivity index (χ1) is 18.5. The number of aromatic nitrogens is 2. The second-order valence-electron chi connectivity index (χ2n) is 9.46. The van der Waals surface area contributed by atoms with Gasteiger partial charge in [0.15, 0.2) is 5.69 Å². The molecule has 1 N–H and O–H groups in total. The van der Waals surface area contributed by atoms with Gasteiger partial charge in [-0.15, -0.1) is 0 Å². The Balaban J connectivity index is 1.63. The molecule has 39 heavy (non-hydrogen) atoms. The molecule has 3 aromatic rings. The third kappa shape index (κ3) is 6.45. The number of aliphatic hydroxyl groups excluding tert-OH is 1. The molecule has 0 aliphatic carbocycles. The van der Waals surface area contributed by atoms with Gasteiger partial charge in [0.05, 0.1) is 28.9 Å². The molecule has 0 radical (unpaired) electrons. The average molecular weight is 585 g/mol. The summed E-state index contributed by atoms with van der Waals surface area (Å²) in [4.78, 5) is 17.3. The standard InChI is InChI=1S/C27H29Cl2F3N4O3/c1-17-25(29)26(27(30,31)32)33-36(17)15-24(38)35-11-10-34(20-8-9-21(28)23(13-20)39-2)14-22(35)19(16-37)12-18-6-4-3-5-7-18/h3-9,13,19,22,37H,10-12,14-16H2,1-2H3. The van der Waals surface area contributed by atoms with E-state index in [1.807, 2.05) is 42.5 Å². The smallest absolute Gasteiger partial charge is 0.436 e. The lowest BCUT2D eigenvalue weighted by molar-refractivity contribution is -0.142. The van der Waals surface area contributed by atoms with Gasteiger partial charge in [-0.1, -0.05) is 53.5 Å². The molecule has 0 spiro atoms. The van der Waals surface area contributed by atoms with Gasteiger partial charge in [-0.2, -0.15) is 18.3 Å². The average Bonchev–Trinajstić information content (AvgIpc) is 3.21. The Kier molecular flexibility index (Phi) is 8.98. The van der Waals surface area contributed by atoms with Crippen molar-refractivity contribution in [1.29, 1.82) is 0 Å². The number of halogens is 5. The zero-order chi connectivity index (χ0) is 28.3. The lowest BCUT2D eigenvalue weighted by atomic mass is 9.89. The lowest BCUT2D eigenvalue weighted by Crippen LogP contribution is -2.59. The van der Waals surface area contributed by atoms with E-state index in [1.54, 1.807) is 11.0 Å². The fourth-order valence-electron chi connectivity index (χ4n) is 4.92. The summed E-state index contributed by atoms with van der Waals surface area (Å²) in [6.45, 7) is 1.94. The number of anilines is 1. The van der Waals surface area contributed by atoms with E-state index in [0.29, 0.717) is 36.8 Å². The fraction of sp³-hybridized carbons (Fsp3) is 0.407. The number of carbonyl (C=O) groups excluding carboxylic acids is 1. The third-order valence-corrected chi connectivity index (χ3v) is 7.81. The fourth-order valence-corrected chi connectivity index (χ4v) is 5.36. The number of hydrogen-bond donors (Lipinski definition) is 1. The first kappa shape index (κ1) is 29.0. The molecule has 2 heterocycles. The highest BCUT2D eigenvalue weighted by Crippen LogP contribution is 2.36. The maximum Gasteiger partial charge on any atom is 0.436 e. The number of hydrogen-bond acceptors (Lipinski definition) is 5. The number of alkyl halides is 3. The second kappa shape index (κ2) is 12.1. The van der Waals surface area contributed by atoms with Crippen LogP contribution in [0.5, 0.6) is 5.75 Å². The van der Waals surface area contributed by atoms with Crippen LogP contribution in [0.3, 0.4) is 0 Å². The summed E-state index contributed by atoms with van der Waals surface area (Å²) in [6.07, 6.45) is -4.23. The minimum atomic E-state index is -4.73. The zero-order valence-corrected chi connectivity index (χ0v) is 23.0. The van der Waals surface area contributed by atoms with Crippen molar-refractivity contribution >= 4 is 34.8 Å². The molecule has 4 rings (SSSR count). The molecule has 1 aliphatic heterocycles. The predicted octanol–water partition coefficient (Wildman–Crippen LogP) is 5.09. The van der Waals surface area contributed by atoms with Crippen LogP contribution in [0, 0.1) is 12.8 Å². The number of benzene rings is 2. The molecule has 1 aliphatic rings. The monoisotopic (exact) mass is 584 g/mol. The van der Waals surface area contributed by atoms with Gasteiger partial charge < -0.3 is 19.6 Å². The number of piperazine rings is 1. The van der Waals surface area contributed by atoms with E-state index in [1.165, 1.54) is 14.0 Å². The van der Waals surface area contributed by atoms with E-state index in [0.717, 1.165) is 15.9 Å². The van der Waals surface area contributed by atoms with Crippen molar-refractivity contribution < 1.29 is 27.8 Å². The molecule has 1 amide bonds. The molecular formula is C27H29Cl2F3N4O3. The molecule has 2 aromatic carbocycles. The van der Waals surface area contributed by atoms with Crippen LogP contribution in [0.2, 0.25) is 10.0 Å². The summed E-state index contributed by atoms with van der Waals surface area (Å²) in [5, 5.41) is 14.0. The Morgan fingerprint density at radius 2 is 1.90 bits per heavy atom. The zero-order valence-electron chi connectivity index (χ0n) is 21.5. The highest BCUT2D eigenvalue weighted by Gasteiger charge is 2.40. The summed E-state index contributed by atoms with van der Waals surface area (Å²) < 4.78 is 46.3. The minimum absolute atomic E-state index is 0.0591. The molecular weight excluding hydrogens is 556 g/mol. The van der Waals surface area contributed by atoms with E-state index in [2.05, 4.69) is 10.00 Å². The third-order valence-electron chi connectivity index (χ3n) is 7.05. The second-order valence-corrected chi connectivity index (χ2v) is 10.2. The van der Waals surface area contributed by atoms with E-state index in [9.17, 15) is 23.1 Å². The maximum atomic E-state index is 13.6. The van der Waals surface area contributed by atoms with Crippen LogP contribution >= 0.6 is 23.2 Å².